The van der Waals surface area contributed by atoms with Crippen LogP contribution in [0, 0.1) is 0 Å². The number of nitrogens with one attached hydrogen (secondary N) is 1. The lowest BCUT2D eigenvalue weighted by atomic mass is 10.3. The van der Waals surface area contributed by atoms with Gasteiger partial charge in [0.25, 0.3) is 0 Å². The quantitative estimate of drug-likeness (QED) is 0.595. The summed E-state index contributed by atoms with van der Waals surface area (Å²) in [6.07, 6.45) is 1.33. The summed E-state index contributed by atoms with van der Waals surface area (Å²) < 4.78 is 9.96. The van der Waals surface area contributed by atoms with Gasteiger partial charge in [-0.25, -0.2) is 4.79 Å². The van der Waals surface area contributed by atoms with Crippen LogP contribution in [0.1, 0.15) is 26.7 Å². The van der Waals surface area contributed by atoms with E-state index in [2.05, 4.69) is 5.32 Å². The first-order chi connectivity index (χ1) is 7.24. The Labute approximate surface area is 90.8 Å². The van der Waals surface area contributed by atoms with Gasteiger partial charge in [0.2, 0.25) is 0 Å². The third-order valence-corrected chi connectivity index (χ3v) is 1.80. The van der Waals surface area contributed by atoms with Crippen molar-refractivity contribution in [2.45, 2.75) is 32.7 Å². The zero-order valence-corrected chi connectivity index (χ0v) is 9.49. The topological polar surface area (TPSA) is 67.8 Å². The molecule has 0 fully saturated rings. The minimum Gasteiger partial charge on any atom is -0.450 e. The molecular formula is C10H21NO4. The van der Waals surface area contributed by atoms with Crippen LogP contribution in [0.5, 0.6) is 0 Å². The maximum absolute atomic E-state index is 11.2. The summed E-state index contributed by atoms with van der Waals surface area (Å²) in [5, 5.41) is 11.4. The minimum atomic E-state index is -0.498. The van der Waals surface area contributed by atoms with Crippen molar-refractivity contribution >= 4 is 6.09 Å². The molecule has 5 heteroatoms. The fourth-order valence-electron chi connectivity index (χ4n) is 0.918. The molecule has 90 valence electrons. The number of amides is 1. The van der Waals surface area contributed by atoms with E-state index in [1.807, 2.05) is 13.8 Å². The van der Waals surface area contributed by atoms with Crippen molar-refractivity contribution in [3.05, 3.63) is 0 Å². The molecule has 0 rings (SSSR count). The minimum absolute atomic E-state index is 0.150. The summed E-state index contributed by atoms with van der Waals surface area (Å²) in [7, 11) is 0. The Morgan fingerprint density at radius 1 is 1.47 bits per heavy atom. The first kappa shape index (κ1) is 14.2. The normalized spacial score (nSPS) is 12.2. The van der Waals surface area contributed by atoms with E-state index >= 15 is 0 Å². The summed E-state index contributed by atoms with van der Waals surface area (Å²) in [4.78, 5) is 11.2. The van der Waals surface area contributed by atoms with E-state index in [1.54, 1.807) is 0 Å². The van der Waals surface area contributed by atoms with E-state index in [0.29, 0.717) is 19.8 Å². The molecule has 1 amide bonds. The molecule has 0 saturated carbocycles. The van der Waals surface area contributed by atoms with Gasteiger partial charge in [-0.1, -0.05) is 13.3 Å². The van der Waals surface area contributed by atoms with Crippen molar-refractivity contribution in [3.63, 3.8) is 0 Å². The fourth-order valence-corrected chi connectivity index (χ4v) is 0.918. The van der Waals surface area contributed by atoms with Crippen molar-refractivity contribution in [2.75, 3.05) is 26.4 Å². The Hall–Kier alpha value is -0.810. The van der Waals surface area contributed by atoms with Crippen LogP contribution in [0.4, 0.5) is 4.79 Å². The Balaban J connectivity index is 3.60. The largest absolute Gasteiger partial charge is 0.450 e. The molecule has 15 heavy (non-hydrogen) atoms. The van der Waals surface area contributed by atoms with Crippen LogP contribution >= 0.6 is 0 Å². The maximum atomic E-state index is 11.2. The van der Waals surface area contributed by atoms with Gasteiger partial charge in [-0.3, -0.25) is 0 Å². The van der Waals surface area contributed by atoms with Crippen LogP contribution in [0.25, 0.3) is 0 Å². The zero-order valence-electron chi connectivity index (χ0n) is 9.49. The number of aliphatic hydroxyl groups is 1. The molecule has 0 aliphatic heterocycles. The molecule has 0 aromatic rings. The molecule has 5 nitrogen and oxygen atoms in total. The number of carbonyl (C=O) groups excluding carboxylic acids is 1. The number of hydrogen-bond acceptors (Lipinski definition) is 4. The molecule has 0 bridgehead atoms. The van der Waals surface area contributed by atoms with Crippen LogP contribution in [0.15, 0.2) is 0 Å². The van der Waals surface area contributed by atoms with E-state index < -0.39 is 6.09 Å². The highest BCUT2D eigenvalue weighted by Crippen LogP contribution is 1.91. The maximum Gasteiger partial charge on any atom is 0.407 e. The molecule has 0 radical (unpaired) electrons. The number of unbranched alkanes of at least 4 members (excludes halogenated alkanes) is 1. The first-order valence-corrected chi connectivity index (χ1v) is 5.36. The van der Waals surface area contributed by atoms with Gasteiger partial charge in [0.1, 0.15) is 0 Å². The van der Waals surface area contributed by atoms with Gasteiger partial charge in [-0.05, 0) is 13.3 Å². The van der Waals surface area contributed by atoms with Gasteiger partial charge in [0, 0.05) is 6.61 Å². The van der Waals surface area contributed by atoms with E-state index in [4.69, 9.17) is 14.6 Å². The van der Waals surface area contributed by atoms with Crippen molar-refractivity contribution < 1.29 is 19.4 Å². The lowest BCUT2D eigenvalue weighted by Crippen LogP contribution is -2.41. The van der Waals surface area contributed by atoms with Crippen LogP contribution < -0.4 is 5.32 Å². The second-order valence-electron chi connectivity index (χ2n) is 3.17. The Kier molecular flexibility index (Phi) is 9.21. The molecule has 0 unspecified atom stereocenters. The monoisotopic (exact) mass is 219 g/mol. The Morgan fingerprint density at radius 2 is 2.20 bits per heavy atom. The number of aliphatic hydroxyl groups excluding tert-OH is 1. The lowest BCUT2D eigenvalue weighted by molar-refractivity contribution is 0.0864. The summed E-state index contributed by atoms with van der Waals surface area (Å²) in [6, 6.07) is -0.390. The predicted molar refractivity (Wildman–Crippen MR) is 56.8 cm³/mol. The van der Waals surface area contributed by atoms with Crippen molar-refractivity contribution in [1.29, 1.82) is 0 Å². The number of carbonyl (C=O) groups is 1. The highest BCUT2D eigenvalue weighted by molar-refractivity contribution is 5.67. The average molecular weight is 219 g/mol. The number of alkyl carbamates (subject to hydrolysis) is 1. The Bertz CT molecular complexity index is 164. The average Bonchev–Trinajstić information content (AvgIpc) is 2.24. The highest BCUT2D eigenvalue weighted by Gasteiger charge is 2.11. The number of rotatable bonds is 8. The van der Waals surface area contributed by atoms with Crippen LogP contribution in [0.2, 0.25) is 0 Å². The fraction of sp³-hybridized carbons (Fsp3) is 0.900. The lowest BCUT2D eigenvalue weighted by Gasteiger charge is -2.15. The molecule has 0 aliphatic carbocycles. The number of hydrogen-bond donors (Lipinski definition) is 2. The van der Waals surface area contributed by atoms with Crippen molar-refractivity contribution in [2.24, 2.45) is 0 Å². The predicted octanol–water partition coefficient (Wildman–Crippen LogP) is 0.910. The molecule has 0 saturated heterocycles. The third kappa shape index (κ3) is 8.20. The smallest absolute Gasteiger partial charge is 0.407 e. The molecule has 0 aromatic heterocycles. The van der Waals surface area contributed by atoms with Gasteiger partial charge in [-0.15, -0.1) is 0 Å². The first-order valence-electron chi connectivity index (χ1n) is 5.36. The van der Waals surface area contributed by atoms with Crippen LogP contribution in [-0.2, 0) is 9.47 Å². The molecule has 0 heterocycles. The molecular weight excluding hydrogens is 198 g/mol. The zero-order chi connectivity index (χ0) is 11.5. The van der Waals surface area contributed by atoms with Gasteiger partial charge in [0.05, 0.1) is 25.9 Å². The summed E-state index contributed by atoms with van der Waals surface area (Å²) in [6.45, 7) is 5.00. The highest BCUT2D eigenvalue weighted by atomic mass is 16.5. The molecule has 0 aromatic carbocycles. The molecule has 0 aliphatic rings. The van der Waals surface area contributed by atoms with E-state index in [-0.39, 0.29) is 12.6 Å². The summed E-state index contributed by atoms with van der Waals surface area (Å²) in [5.74, 6) is 0. The van der Waals surface area contributed by atoms with Gasteiger partial charge >= 0.3 is 6.09 Å². The second kappa shape index (κ2) is 9.73. The van der Waals surface area contributed by atoms with Crippen LogP contribution in [-0.4, -0.2) is 43.7 Å². The molecule has 0 spiro atoms. The number of ether oxygens (including phenoxy) is 2. The summed E-state index contributed by atoms with van der Waals surface area (Å²) in [5.41, 5.74) is 0. The van der Waals surface area contributed by atoms with Gasteiger partial charge in [0.15, 0.2) is 0 Å². The second-order valence-corrected chi connectivity index (χ2v) is 3.17. The van der Waals surface area contributed by atoms with Crippen molar-refractivity contribution in [1.82, 2.24) is 5.32 Å². The van der Waals surface area contributed by atoms with E-state index in [1.165, 1.54) is 0 Å². The standard InChI is InChI=1S/C10H21NO4/c1-3-5-6-15-10(13)11-9(7-12)8-14-4-2/h9,12H,3-8H2,1-2H3,(H,11,13)/t9-/m1/s1. The Morgan fingerprint density at radius 3 is 2.73 bits per heavy atom. The SMILES string of the molecule is CCCCOC(=O)N[C@H](CO)COCC. The molecule has 1 atom stereocenters. The van der Waals surface area contributed by atoms with E-state index in [0.717, 1.165) is 12.8 Å². The van der Waals surface area contributed by atoms with Gasteiger partial charge < -0.3 is 19.9 Å². The van der Waals surface area contributed by atoms with Gasteiger partial charge in [-0.2, -0.15) is 0 Å². The third-order valence-electron chi connectivity index (χ3n) is 1.80. The molecule has 2 N–H and O–H groups in total. The van der Waals surface area contributed by atoms with Crippen molar-refractivity contribution in [3.8, 4) is 0 Å². The van der Waals surface area contributed by atoms with Crippen LogP contribution in [0.3, 0.4) is 0 Å². The van der Waals surface area contributed by atoms with E-state index in [9.17, 15) is 4.79 Å². The summed E-state index contributed by atoms with van der Waals surface area (Å²) >= 11 is 0.